The van der Waals surface area contributed by atoms with E-state index in [1.54, 1.807) is 12.1 Å². The van der Waals surface area contributed by atoms with E-state index < -0.39 is 71.8 Å². The van der Waals surface area contributed by atoms with Gasteiger partial charge in [0.25, 0.3) is 0 Å². The van der Waals surface area contributed by atoms with Crippen molar-refractivity contribution < 1.29 is 43.4 Å². The summed E-state index contributed by atoms with van der Waals surface area (Å²) in [4.78, 5) is 95.8. The van der Waals surface area contributed by atoms with Crippen LogP contribution in [0.3, 0.4) is 0 Å². The maximum atomic E-state index is 13.6. The average molecular weight is 925 g/mol. The van der Waals surface area contributed by atoms with E-state index in [-0.39, 0.29) is 67.6 Å². The fraction of sp³-hybridized carbons (Fsp3) is 0.711. The van der Waals surface area contributed by atoms with Crippen LogP contribution in [-0.4, -0.2) is 141 Å². The number of nitrogens with one attached hydrogen (secondary N) is 8. The molecular weight excluding hydrogens is 846 g/mol. The Labute approximate surface area is 386 Å². The number of rotatable bonds is 22. The van der Waals surface area contributed by atoms with Gasteiger partial charge in [0.15, 0.2) is 0 Å². The van der Waals surface area contributed by atoms with Gasteiger partial charge in [0, 0.05) is 6.42 Å². The topological polar surface area (TPSA) is 248 Å². The number of methoxy groups -OCH3 is 1. The zero-order valence-corrected chi connectivity index (χ0v) is 40.3. The van der Waals surface area contributed by atoms with Crippen LogP contribution in [0.5, 0.6) is 5.75 Å². The highest BCUT2D eigenvalue weighted by Gasteiger charge is 2.32. The number of benzene rings is 1. The van der Waals surface area contributed by atoms with E-state index in [1.807, 2.05) is 41.5 Å². The second-order valence-corrected chi connectivity index (χ2v) is 17.9. The second kappa shape index (κ2) is 30.6. The largest absolute Gasteiger partial charge is 0.508 e. The van der Waals surface area contributed by atoms with Crippen molar-refractivity contribution in [2.24, 2.45) is 17.8 Å². The van der Waals surface area contributed by atoms with Crippen LogP contribution in [0.2, 0.25) is 0 Å². The van der Waals surface area contributed by atoms with Crippen molar-refractivity contribution in [1.29, 1.82) is 0 Å². The number of halogens is 1. The summed E-state index contributed by atoms with van der Waals surface area (Å²) in [6.45, 7) is 19.5. The van der Waals surface area contributed by atoms with Gasteiger partial charge in [0.2, 0.25) is 35.4 Å². The van der Waals surface area contributed by atoms with Gasteiger partial charge >= 0.3 is 5.97 Å². The standard InChI is InChI=1S/C45H77N9O9.ClH/c1-28(2)23-35(50-39(56)27-54-21-11-19-46-17-10-18-47-20-12-22-54)42(59)48-31(7)40(57)51-36(24-29(3)4)43(60)49-32(8)41(58)52-37(25-30(5)6)44(61)53-38(45(62)63-9)26-33-13-15-34(55)16-14-33;/h13-16,28-32,35-38,46-47,55H,10-12,17-27H2,1-9H3,(H,48,59)(H,49,60)(H,50,56)(H,51,57)(H,52,58)(H,53,61);1H/t31-,32-,35-,36-,37-,38-;/m0./s1. The number of phenolic OH excluding ortho intramolecular Hbond substituents is 1. The number of amides is 6. The van der Waals surface area contributed by atoms with Gasteiger partial charge in [-0.25, -0.2) is 4.79 Å². The first-order valence-electron chi connectivity index (χ1n) is 22.6. The molecule has 19 heteroatoms. The highest BCUT2D eigenvalue weighted by atomic mass is 35.5. The van der Waals surface area contributed by atoms with Crippen molar-refractivity contribution in [3.63, 3.8) is 0 Å². The molecular formula is C45H78ClN9O9. The van der Waals surface area contributed by atoms with Gasteiger partial charge in [-0.3, -0.25) is 33.7 Å². The summed E-state index contributed by atoms with van der Waals surface area (Å²) >= 11 is 0. The predicted molar refractivity (Wildman–Crippen MR) is 248 cm³/mol. The number of carbonyl (C=O) groups is 7. The average Bonchev–Trinajstić information content (AvgIpc) is 3.20. The lowest BCUT2D eigenvalue weighted by Gasteiger charge is -2.27. The minimum Gasteiger partial charge on any atom is -0.508 e. The molecule has 1 saturated heterocycles. The fourth-order valence-electron chi connectivity index (χ4n) is 7.09. The third-order valence-corrected chi connectivity index (χ3v) is 10.5. The minimum absolute atomic E-state index is 0. The first-order chi connectivity index (χ1) is 29.8. The van der Waals surface area contributed by atoms with Crippen molar-refractivity contribution in [2.75, 3.05) is 52.9 Å². The summed E-state index contributed by atoms with van der Waals surface area (Å²) in [5.41, 5.74) is 0.657. The van der Waals surface area contributed by atoms with Crippen molar-refractivity contribution in [3.8, 4) is 5.75 Å². The molecule has 1 aromatic carbocycles. The van der Waals surface area contributed by atoms with E-state index in [0.29, 0.717) is 12.0 Å². The van der Waals surface area contributed by atoms with Crippen molar-refractivity contribution in [3.05, 3.63) is 29.8 Å². The third kappa shape index (κ3) is 22.9. The first kappa shape index (κ1) is 57.5. The maximum Gasteiger partial charge on any atom is 0.328 e. The Hall–Kier alpha value is -4.52. The van der Waals surface area contributed by atoms with E-state index >= 15 is 0 Å². The highest BCUT2D eigenvalue weighted by molar-refractivity contribution is 5.96. The SMILES string of the molecule is COC(=O)[C@H](Cc1ccc(O)cc1)NC(=O)[C@H](CC(C)C)NC(=O)[C@H](C)NC(=O)[C@H](CC(C)C)NC(=O)[C@H](C)NC(=O)[C@H](CC(C)C)NC(=O)CN1CCCNCCCNCCC1.Cl. The quantitative estimate of drug-likeness (QED) is 0.0747. The van der Waals surface area contributed by atoms with E-state index in [1.165, 1.54) is 33.1 Å². The molecule has 1 heterocycles. The van der Waals surface area contributed by atoms with Crippen molar-refractivity contribution in [1.82, 2.24) is 47.4 Å². The number of carbonyl (C=O) groups excluding carboxylic acids is 7. The minimum atomic E-state index is -1.13. The van der Waals surface area contributed by atoms with E-state index in [2.05, 4.69) is 47.4 Å². The number of esters is 1. The van der Waals surface area contributed by atoms with E-state index in [9.17, 15) is 38.7 Å². The zero-order chi connectivity index (χ0) is 47.1. The molecule has 0 bridgehead atoms. The molecule has 9 N–H and O–H groups in total. The van der Waals surface area contributed by atoms with E-state index in [0.717, 1.165) is 58.5 Å². The monoisotopic (exact) mass is 924 g/mol. The smallest absolute Gasteiger partial charge is 0.328 e. The molecule has 0 unspecified atom stereocenters. The highest BCUT2D eigenvalue weighted by Crippen LogP contribution is 2.14. The molecule has 0 aromatic heterocycles. The summed E-state index contributed by atoms with van der Waals surface area (Å²) in [6, 6.07) is -0.149. The van der Waals surface area contributed by atoms with Crippen LogP contribution < -0.4 is 42.5 Å². The molecule has 2 rings (SSSR count). The normalized spacial score (nSPS) is 16.8. The Morgan fingerprint density at radius 3 is 1.39 bits per heavy atom. The molecule has 0 saturated carbocycles. The Bertz CT molecular complexity index is 1600. The van der Waals surface area contributed by atoms with Gasteiger partial charge in [-0.05, 0) is 127 Å². The molecule has 0 aliphatic carbocycles. The van der Waals surface area contributed by atoms with Gasteiger partial charge < -0.3 is 52.4 Å². The molecule has 1 aliphatic rings. The summed E-state index contributed by atoms with van der Waals surface area (Å²) in [7, 11) is 1.20. The molecule has 64 heavy (non-hydrogen) atoms. The molecule has 0 radical (unpaired) electrons. The zero-order valence-electron chi connectivity index (χ0n) is 39.5. The second-order valence-electron chi connectivity index (χ2n) is 17.9. The van der Waals surface area contributed by atoms with E-state index in [4.69, 9.17) is 4.74 Å². The predicted octanol–water partition coefficient (Wildman–Crippen LogP) is 1.28. The number of nitrogens with zero attached hydrogens (tertiary/aromatic N) is 1. The van der Waals surface area contributed by atoms with Crippen molar-refractivity contribution in [2.45, 2.75) is 137 Å². The van der Waals surface area contributed by atoms with Gasteiger partial charge in [-0.1, -0.05) is 53.7 Å². The Morgan fingerprint density at radius 2 is 0.969 bits per heavy atom. The summed E-state index contributed by atoms with van der Waals surface area (Å²) in [5, 5.41) is 32.8. The molecule has 1 aliphatic heterocycles. The maximum absolute atomic E-state index is 13.6. The Balaban J connectivity index is 0.0000205. The van der Waals surface area contributed by atoms with Crippen molar-refractivity contribution >= 4 is 53.8 Å². The Morgan fingerprint density at radius 1 is 0.578 bits per heavy atom. The number of hydrogen-bond acceptors (Lipinski definition) is 12. The summed E-state index contributed by atoms with van der Waals surface area (Å²) < 4.78 is 4.91. The summed E-state index contributed by atoms with van der Waals surface area (Å²) in [5.74, 6) is -4.03. The molecule has 6 atom stereocenters. The molecule has 1 aromatic rings. The lowest BCUT2D eigenvalue weighted by Crippen LogP contribution is -2.59. The number of ether oxygens (including phenoxy) is 1. The van der Waals surface area contributed by atoms with Crippen LogP contribution in [-0.2, 0) is 44.7 Å². The lowest BCUT2D eigenvalue weighted by molar-refractivity contribution is -0.145. The molecule has 0 spiro atoms. The van der Waals surface area contributed by atoms with Crippen LogP contribution in [0.4, 0.5) is 0 Å². The van der Waals surface area contributed by atoms with Gasteiger partial charge in [0.05, 0.1) is 13.7 Å². The number of phenols is 1. The molecule has 6 amide bonds. The van der Waals surface area contributed by atoms with Crippen LogP contribution in [0.25, 0.3) is 0 Å². The Kier molecular flexibility index (Phi) is 27.5. The van der Waals surface area contributed by atoms with Crippen LogP contribution in [0.1, 0.15) is 99.5 Å². The molecule has 18 nitrogen and oxygen atoms in total. The van der Waals surface area contributed by atoms with Gasteiger partial charge in [-0.2, -0.15) is 0 Å². The van der Waals surface area contributed by atoms with Crippen LogP contribution >= 0.6 is 12.4 Å². The molecule has 1 fully saturated rings. The summed E-state index contributed by atoms with van der Waals surface area (Å²) in [6.07, 6.45) is 3.72. The fourth-order valence-corrected chi connectivity index (χ4v) is 7.09. The lowest BCUT2D eigenvalue weighted by atomic mass is 10.0. The first-order valence-corrected chi connectivity index (χ1v) is 22.6. The third-order valence-electron chi connectivity index (χ3n) is 10.5. The molecule has 364 valence electrons. The van der Waals surface area contributed by atoms with Crippen LogP contribution in [0.15, 0.2) is 24.3 Å². The number of hydrogen-bond donors (Lipinski definition) is 9. The number of aromatic hydroxyl groups is 1. The van der Waals surface area contributed by atoms with Gasteiger partial charge in [0.1, 0.15) is 42.0 Å². The van der Waals surface area contributed by atoms with Gasteiger partial charge in [-0.15, -0.1) is 12.4 Å². The van der Waals surface area contributed by atoms with Crippen LogP contribution in [0, 0.1) is 17.8 Å².